The molecule has 0 spiro atoms. The second-order valence-corrected chi connectivity index (χ2v) is 7.58. The first-order valence-corrected chi connectivity index (χ1v) is 10.3. The molecule has 0 atom stereocenters. The highest BCUT2D eigenvalue weighted by molar-refractivity contribution is 5.91. The second-order valence-electron chi connectivity index (χ2n) is 7.58. The van der Waals surface area contributed by atoms with Crippen LogP contribution in [0.4, 0.5) is 13.2 Å². The lowest BCUT2D eigenvalue weighted by Gasteiger charge is -2.33. The fourth-order valence-electron chi connectivity index (χ4n) is 3.60. The summed E-state index contributed by atoms with van der Waals surface area (Å²) in [6.07, 6.45) is -1.79. The van der Waals surface area contributed by atoms with Crippen molar-refractivity contribution in [2.75, 3.05) is 26.2 Å². The molecule has 1 aliphatic heterocycles. The average Bonchev–Trinajstić information content (AvgIpc) is 2.78. The number of nitrogens with one attached hydrogen (secondary N) is 1. The van der Waals surface area contributed by atoms with Crippen molar-refractivity contribution in [3.63, 3.8) is 0 Å². The van der Waals surface area contributed by atoms with Crippen LogP contribution in [0.3, 0.4) is 0 Å². The number of piperazine rings is 1. The second kappa shape index (κ2) is 9.45. The monoisotopic (exact) mass is 458 g/mol. The highest BCUT2D eigenvalue weighted by Gasteiger charge is 2.30. The van der Waals surface area contributed by atoms with E-state index in [1.807, 2.05) is 6.07 Å². The van der Waals surface area contributed by atoms with Gasteiger partial charge in [-0.15, -0.1) is 13.2 Å². The van der Waals surface area contributed by atoms with Crippen LogP contribution in [-0.2, 0) is 11.3 Å². The third kappa shape index (κ3) is 5.98. The molecule has 0 unspecified atom stereocenters. The molecule has 4 rings (SSSR count). The molecule has 1 aliphatic rings. The van der Waals surface area contributed by atoms with Crippen molar-refractivity contribution >= 4 is 22.9 Å². The number of H-pyrrole nitrogens is 1. The van der Waals surface area contributed by atoms with Crippen molar-refractivity contribution in [2.24, 2.45) is 0 Å². The Morgan fingerprint density at radius 2 is 1.76 bits per heavy atom. The zero-order valence-corrected chi connectivity index (χ0v) is 17.5. The highest BCUT2D eigenvalue weighted by atomic mass is 19.4. The number of fused-ring (bicyclic) bond motifs is 1. The van der Waals surface area contributed by atoms with E-state index < -0.39 is 6.36 Å². The standard InChI is InChI=1S/C23H21F3N4O3/c24-23(25,26)33-17-8-5-16(6-9-17)7-10-21(31)30-13-11-29(12-14-30)15-20-27-19-4-2-1-3-18(19)22(32)28-20/h1-10H,11-15H2,(H,27,28,32)/b10-7+. The zero-order valence-electron chi connectivity index (χ0n) is 17.5. The number of ether oxygens (including phenoxy) is 1. The van der Waals surface area contributed by atoms with Gasteiger partial charge >= 0.3 is 6.36 Å². The smallest absolute Gasteiger partial charge is 0.406 e. The summed E-state index contributed by atoms with van der Waals surface area (Å²) in [5.41, 5.74) is 1.06. The Bertz CT molecular complexity index is 1210. The number of alkyl halides is 3. The van der Waals surface area contributed by atoms with E-state index in [0.29, 0.717) is 55.0 Å². The summed E-state index contributed by atoms with van der Waals surface area (Å²) in [5, 5.41) is 0.547. The Morgan fingerprint density at radius 1 is 1.06 bits per heavy atom. The summed E-state index contributed by atoms with van der Waals surface area (Å²) < 4.78 is 40.5. The topological polar surface area (TPSA) is 78.5 Å². The van der Waals surface area contributed by atoms with E-state index in [1.54, 1.807) is 29.2 Å². The zero-order chi connectivity index (χ0) is 23.4. The van der Waals surface area contributed by atoms with E-state index in [4.69, 9.17) is 0 Å². The van der Waals surface area contributed by atoms with Crippen LogP contribution < -0.4 is 10.3 Å². The number of aromatic amines is 1. The number of carbonyl (C=O) groups is 1. The lowest BCUT2D eigenvalue weighted by molar-refractivity contribution is -0.274. The van der Waals surface area contributed by atoms with E-state index in [-0.39, 0.29) is 17.2 Å². The van der Waals surface area contributed by atoms with Gasteiger partial charge in [0.1, 0.15) is 11.6 Å². The molecular formula is C23H21F3N4O3. The summed E-state index contributed by atoms with van der Waals surface area (Å²) in [7, 11) is 0. The van der Waals surface area contributed by atoms with Gasteiger partial charge in [0.2, 0.25) is 5.91 Å². The molecule has 2 aromatic carbocycles. The van der Waals surface area contributed by atoms with E-state index >= 15 is 0 Å². The Hall–Kier alpha value is -3.66. The Balaban J connectivity index is 1.30. The van der Waals surface area contributed by atoms with Gasteiger partial charge in [0, 0.05) is 32.3 Å². The summed E-state index contributed by atoms with van der Waals surface area (Å²) in [6, 6.07) is 12.4. The van der Waals surface area contributed by atoms with Crippen LogP contribution in [-0.4, -0.2) is 58.2 Å². The molecule has 1 fully saturated rings. The molecule has 10 heteroatoms. The number of halogens is 3. The van der Waals surface area contributed by atoms with Crippen LogP contribution >= 0.6 is 0 Å². The van der Waals surface area contributed by atoms with Gasteiger partial charge in [0.05, 0.1) is 17.4 Å². The summed E-state index contributed by atoms with van der Waals surface area (Å²) in [5.74, 6) is 0.0863. The van der Waals surface area contributed by atoms with Crippen LogP contribution in [0.2, 0.25) is 0 Å². The number of para-hydroxylation sites is 1. The first kappa shape index (κ1) is 22.5. The molecule has 33 heavy (non-hydrogen) atoms. The lowest BCUT2D eigenvalue weighted by Crippen LogP contribution is -2.48. The van der Waals surface area contributed by atoms with Crippen LogP contribution in [0.25, 0.3) is 17.0 Å². The number of nitrogens with zero attached hydrogens (tertiary/aromatic N) is 3. The average molecular weight is 458 g/mol. The maximum atomic E-state index is 12.5. The number of benzene rings is 2. The normalized spacial score (nSPS) is 15.3. The molecule has 7 nitrogen and oxygen atoms in total. The minimum Gasteiger partial charge on any atom is -0.406 e. The molecule has 3 aromatic rings. The van der Waals surface area contributed by atoms with Crippen LogP contribution in [0, 0.1) is 0 Å². The van der Waals surface area contributed by atoms with Crippen LogP contribution in [0.5, 0.6) is 5.75 Å². The number of rotatable bonds is 5. The third-order valence-electron chi connectivity index (χ3n) is 5.25. The van der Waals surface area contributed by atoms with Gasteiger partial charge in [-0.1, -0.05) is 24.3 Å². The fraction of sp³-hybridized carbons (Fsp3) is 0.261. The number of amides is 1. The highest BCUT2D eigenvalue weighted by Crippen LogP contribution is 2.23. The largest absolute Gasteiger partial charge is 0.573 e. The van der Waals surface area contributed by atoms with Crippen molar-refractivity contribution in [1.29, 1.82) is 0 Å². The number of hydrogen-bond acceptors (Lipinski definition) is 5. The van der Waals surface area contributed by atoms with Crippen LogP contribution in [0.1, 0.15) is 11.4 Å². The fourth-order valence-corrected chi connectivity index (χ4v) is 3.60. The van der Waals surface area contributed by atoms with E-state index in [2.05, 4.69) is 19.6 Å². The molecule has 2 heterocycles. The Kier molecular flexibility index (Phi) is 6.45. The van der Waals surface area contributed by atoms with Gasteiger partial charge in [0.15, 0.2) is 0 Å². The summed E-state index contributed by atoms with van der Waals surface area (Å²) in [6.45, 7) is 2.75. The number of aromatic nitrogens is 2. The van der Waals surface area contributed by atoms with Gasteiger partial charge in [0.25, 0.3) is 5.56 Å². The molecule has 1 saturated heterocycles. The molecule has 0 saturated carbocycles. The van der Waals surface area contributed by atoms with E-state index in [1.165, 1.54) is 30.3 Å². The maximum Gasteiger partial charge on any atom is 0.573 e. The molecule has 0 aliphatic carbocycles. The molecule has 0 radical (unpaired) electrons. The first-order valence-electron chi connectivity index (χ1n) is 10.3. The number of hydrogen-bond donors (Lipinski definition) is 1. The van der Waals surface area contributed by atoms with Gasteiger partial charge in [-0.3, -0.25) is 14.5 Å². The Labute approximate surface area is 187 Å². The predicted octanol–water partition coefficient (Wildman–Crippen LogP) is 3.18. The molecule has 172 valence electrons. The van der Waals surface area contributed by atoms with Gasteiger partial charge < -0.3 is 14.6 Å². The van der Waals surface area contributed by atoms with Gasteiger partial charge in [-0.25, -0.2) is 4.98 Å². The molecular weight excluding hydrogens is 437 g/mol. The minimum atomic E-state index is -4.74. The summed E-state index contributed by atoms with van der Waals surface area (Å²) >= 11 is 0. The molecule has 1 N–H and O–H groups in total. The lowest BCUT2D eigenvalue weighted by atomic mass is 10.2. The molecule has 0 bridgehead atoms. The first-order chi connectivity index (χ1) is 15.8. The van der Waals surface area contributed by atoms with Crippen molar-refractivity contribution in [3.8, 4) is 5.75 Å². The quantitative estimate of drug-likeness (QED) is 0.595. The van der Waals surface area contributed by atoms with Crippen molar-refractivity contribution in [1.82, 2.24) is 19.8 Å². The Morgan fingerprint density at radius 3 is 2.45 bits per heavy atom. The van der Waals surface area contributed by atoms with E-state index in [9.17, 15) is 22.8 Å². The molecule has 1 aromatic heterocycles. The maximum absolute atomic E-state index is 12.5. The molecule has 1 amide bonds. The predicted molar refractivity (Wildman–Crippen MR) is 116 cm³/mol. The summed E-state index contributed by atoms with van der Waals surface area (Å²) in [4.78, 5) is 35.8. The van der Waals surface area contributed by atoms with Crippen molar-refractivity contribution < 1.29 is 22.7 Å². The van der Waals surface area contributed by atoms with Crippen molar-refractivity contribution in [3.05, 3.63) is 76.3 Å². The van der Waals surface area contributed by atoms with Crippen LogP contribution in [0.15, 0.2) is 59.4 Å². The third-order valence-corrected chi connectivity index (χ3v) is 5.25. The number of carbonyl (C=O) groups excluding carboxylic acids is 1. The van der Waals surface area contributed by atoms with Gasteiger partial charge in [-0.05, 0) is 35.9 Å². The minimum absolute atomic E-state index is 0.174. The van der Waals surface area contributed by atoms with Crippen molar-refractivity contribution in [2.45, 2.75) is 12.9 Å². The van der Waals surface area contributed by atoms with E-state index in [0.717, 1.165) is 0 Å². The SMILES string of the molecule is O=C(/C=C/c1ccc(OC(F)(F)F)cc1)N1CCN(Cc2nc3ccccc3c(=O)[nH]2)CC1. The van der Waals surface area contributed by atoms with Gasteiger partial charge in [-0.2, -0.15) is 0 Å².